The highest BCUT2D eigenvalue weighted by Crippen LogP contribution is 2.38. The summed E-state index contributed by atoms with van der Waals surface area (Å²) in [6.07, 6.45) is 6.58. The van der Waals surface area contributed by atoms with Crippen LogP contribution in [0.5, 0.6) is 11.5 Å². The number of rotatable bonds is 13. The Hall–Kier alpha value is -3.08. The van der Waals surface area contributed by atoms with Crippen molar-refractivity contribution in [2.75, 3.05) is 32.8 Å². The van der Waals surface area contributed by atoms with E-state index in [1.165, 1.54) is 44.3 Å². The Balaban J connectivity index is 1.53. The summed E-state index contributed by atoms with van der Waals surface area (Å²) in [5.74, 6) is 1.13. The van der Waals surface area contributed by atoms with Crippen LogP contribution in [0.15, 0.2) is 78.9 Å². The van der Waals surface area contributed by atoms with Crippen LogP contribution in [0, 0.1) is 5.41 Å². The Kier molecular flexibility index (Phi) is 10.0. The van der Waals surface area contributed by atoms with Crippen molar-refractivity contribution < 1.29 is 14.9 Å². The predicted molar refractivity (Wildman–Crippen MR) is 157 cm³/mol. The summed E-state index contributed by atoms with van der Waals surface area (Å²) in [5.41, 5.74) is 6.06. The van der Waals surface area contributed by atoms with E-state index in [0.717, 1.165) is 41.0 Å². The number of nitrogens with zero attached hydrogens (tertiary/aromatic N) is 1. The van der Waals surface area contributed by atoms with Gasteiger partial charge in [0.25, 0.3) is 0 Å². The Morgan fingerprint density at radius 3 is 2.21 bits per heavy atom. The minimum absolute atomic E-state index is 0.140. The SMILES string of the molecule is CCCC1(CC)CCN(CCOc2ccc(/C(=C(/CCCO)c3ccccc3)c3ccc(O)cc3)cc2)C1. The number of hydrogen-bond acceptors (Lipinski definition) is 4. The fourth-order valence-corrected chi connectivity index (χ4v) is 5.88. The zero-order chi connectivity index (χ0) is 26.8. The van der Waals surface area contributed by atoms with Gasteiger partial charge in [-0.1, -0.05) is 74.9 Å². The number of benzene rings is 3. The predicted octanol–water partition coefficient (Wildman–Crippen LogP) is 7.40. The quantitative estimate of drug-likeness (QED) is 0.234. The summed E-state index contributed by atoms with van der Waals surface area (Å²) in [7, 11) is 0. The molecule has 1 aliphatic rings. The molecule has 1 saturated heterocycles. The normalized spacial score (nSPS) is 18.4. The number of hydrogen-bond donors (Lipinski definition) is 2. The molecule has 1 heterocycles. The summed E-state index contributed by atoms with van der Waals surface area (Å²) in [5, 5.41) is 19.5. The first-order chi connectivity index (χ1) is 18.6. The monoisotopic (exact) mass is 513 g/mol. The highest BCUT2D eigenvalue weighted by molar-refractivity contribution is 5.98. The van der Waals surface area contributed by atoms with E-state index in [9.17, 15) is 10.2 Å². The van der Waals surface area contributed by atoms with Gasteiger partial charge in [-0.25, -0.2) is 0 Å². The van der Waals surface area contributed by atoms with Crippen molar-refractivity contribution in [2.45, 2.75) is 52.4 Å². The molecule has 1 unspecified atom stereocenters. The molecule has 0 radical (unpaired) electrons. The van der Waals surface area contributed by atoms with Crippen LogP contribution in [0.25, 0.3) is 11.1 Å². The van der Waals surface area contributed by atoms with Gasteiger partial charge in [0, 0.05) is 19.7 Å². The third-order valence-corrected chi connectivity index (χ3v) is 8.03. The third-order valence-electron chi connectivity index (χ3n) is 8.03. The molecule has 4 heteroatoms. The van der Waals surface area contributed by atoms with Crippen LogP contribution in [0.2, 0.25) is 0 Å². The second kappa shape index (κ2) is 13.6. The molecule has 0 aromatic heterocycles. The van der Waals surface area contributed by atoms with Gasteiger partial charge in [-0.3, -0.25) is 4.90 Å². The molecule has 1 fully saturated rings. The molecule has 2 N–H and O–H groups in total. The highest BCUT2D eigenvalue weighted by atomic mass is 16.5. The Morgan fingerprint density at radius 2 is 1.58 bits per heavy atom. The first-order valence-electron chi connectivity index (χ1n) is 14.2. The molecule has 0 aliphatic carbocycles. The lowest BCUT2D eigenvalue weighted by Gasteiger charge is -2.27. The molecule has 0 spiro atoms. The van der Waals surface area contributed by atoms with Crippen molar-refractivity contribution in [1.29, 1.82) is 0 Å². The van der Waals surface area contributed by atoms with Crippen LogP contribution in [0.3, 0.4) is 0 Å². The van der Waals surface area contributed by atoms with Gasteiger partial charge in [0.05, 0.1) is 0 Å². The van der Waals surface area contributed by atoms with E-state index in [1.54, 1.807) is 12.1 Å². The maximum atomic E-state index is 9.90. The lowest BCUT2D eigenvalue weighted by atomic mass is 9.80. The number of aromatic hydroxyl groups is 1. The number of phenolic OH excluding ortho intramolecular Hbond substituents is 1. The lowest BCUT2D eigenvalue weighted by Crippen LogP contribution is -2.30. The first-order valence-corrected chi connectivity index (χ1v) is 14.2. The van der Waals surface area contributed by atoms with E-state index >= 15 is 0 Å². The summed E-state index contributed by atoms with van der Waals surface area (Å²) in [6, 6.07) is 26.1. The number of aliphatic hydroxyl groups is 1. The van der Waals surface area contributed by atoms with Crippen molar-refractivity contribution in [3.8, 4) is 11.5 Å². The van der Waals surface area contributed by atoms with Crippen LogP contribution in [-0.4, -0.2) is 48.0 Å². The molecule has 4 rings (SSSR count). The van der Waals surface area contributed by atoms with E-state index in [0.29, 0.717) is 18.4 Å². The summed E-state index contributed by atoms with van der Waals surface area (Å²) < 4.78 is 6.17. The average Bonchev–Trinajstić information content (AvgIpc) is 3.36. The van der Waals surface area contributed by atoms with Crippen molar-refractivity contribution in [1.82, 2.24) is 4.90 Å². The molecule has 0 bridgehead atoms. The number of aliphatic hydroxyl groups excluding tert-OH is 1. The van der Waals surface area contributed by atoms with Gasteiger partial charge in [-0.15, -0.1) is 0 Å². The molecule has 0 saturated carbocycles. The Labute approximate surface area is 228 Å². The van der Waals surface area contributed by atoms with Crippen molar-refractivity contribution >= 4 is 11.1 Å². The molecule has 202 valence electrons. The summed E-state index contributed by atoms with van der Waals surface area (Å²) in [4.78, 5) is 2.56. The molecule has 4 nitrogen and oxygen atoms in total. The van der Waals surface area contributed by atoms with Crippen LogP contribution in [-0.2, 0) is 0 Å². The second-order valence-electron chi connectivity index (χ2n) is 10.6. The van der Waals surface area contributed by atoms with E-state index in [1.807, 2.05) is 30.3 Å². The average molecular weight is 514 g/mol. The number of phenols is 1. The lowest BCUT2D eigenvalue weighted by molar-refractivity contribution is 0.200. The second-order valence-corrected chi connectivity index (χ2v) is 10.6. The van der Waals surface area contributed by atoms with Gasteiger partial charge in [0.2, 0.25) is 0 Å². The zero-order valence-corrected chi connectivity index (χ0v) is 23.0. The fraction of sp³-hybridized carbons (Fsp3) is 0.412. The fourth-order valence-electron chi connectivity index (χ4n) is 5.88. The molecular weight excluding hydrogens is 470 g/mol. The molecule has 1 atom stereocenters. The van der Waals surface area contributed by atoms with Crippen LogP contribution in [0.4, 0.5) is 0 Å². The minimum atomic E-state index is 0.140. The van der Waals surface area contributed by atoms with Gasteiger partial charge in [-0.05, 0) is 96.2 Å². The van der Waals surface area contributed by atoms with Gasteiger partial charge in [0.15, 0.2) is 0 Å². The van der Waals surface area contributed by atoms with Gasteiger partial charge in [0.1, 0.15) is 18.1 Å². The van der Waals surface area contributed by atoms with Crippen molar-refractivity contribution in [3.05, 3.63) is 95.6 Å². The standard InChI is InChI=1S/C34H43NO3/c1-3-20-34(4-2)21-22-35(26-34)23-25-38-31-18-14-29(15-19-31)33(28-12-16-30(37)17-13-28)32(11-8-24-36)27-9-6-5-7-10-27/h5-7,9-10,12-19,36-37H,3-4,8,11,20-26H2,1-2H3/b33-32-. The number of likely N-dealkylation sites (tertiary alicyclic amines) is 1. The van der Waals surface area contributed by atoms with Crippen LogP contribution >= 0.6 is 0 Å². The third kappa shape index (κ3) is 7.06. The van der Waals surface area contributed by atoms with Crippen molar-refractivity contribution in [3.63, 3.8) is 0 Å². The molecular formula is C34H43NO3. The van der Waals surface area contributed by atoms with Crippen LogP contribution < -0.4 is 4.74 Å². The number of allylic oxidation sites excluding steroid dienone is 1. The maximum Gasteiger partial charge on any atom is 0.119 e. The molecule has 1 aliphatic heterocycles. The molecule has 3 aromatic rings. The number of ether oxygens (including phenoxy) is 1. The Morgan fingerprint density at radius 1 is 0.895 bits per heavy atom. The van der Waals surface area contributed by atoms with Crippen LogP contribution in [0.1, 0.15) is 69.1 Å². The minimum Gasteiger partial charge on any atom is -0.508 e. The van der Waals surface area contributed by atoms with E-state index < -0.39 is 0 Å². The summed E-state index contributed by atoms with van der Waals surface area (Å²) >= 11 is 0. The summed E-state index contributed by atoms with van der Waals surface area (Å²) in [6.45, 7) is 8.79. The van der Waals surface area contributed by atoms with E-state index in [2.05, 4.69) is 55.1 Å². The zero-order valence-electron chi connectivity index (χ0n) is 23.0. The Bertz CT molecular complexity index is 1150. The smallest absolute Gasteiger partial charge is 0.119 e. The molecule has 0 amide bonds. The maximum absolute atomic E-state index is 9.90. The molecule has 3 aromatic carbocycles. The van der Waals surface area contributed by atoms with Gasteiger partial charge < -0.3 is 14.9 Å². The largest absolute Gasteiger partial charge is 0.508 e. The molecule has 38 heavy (non-hydrogen) atoms. The van der Waals surface area contributed by atoms with E-state index in [4.69, 9.17) is 4.74 Å². The highest BCUT2D eigenvalue weighted by Gasteiger charge is 2.35. The van der Waals surface area contributed by atoms with Gasteiger partial charge in [-0.2, -0.15) is 0 Å². The van der Waals surface area contributed by atoms with Crippen molar-refractivity contribution in [2.24, 2.45) is 5.41 Å². The van der Waals surface area contributed by atoms with Gasteiger partial charge >= 0.3 is 0 Å². The topological polar surface area (TPSA) is 52.9 Å². The first kappa shape index (κ1) is 27.9. The van der Waals surface area contributed by atoms with E-state index in [-0.39, 0.29) is 12.4 Å².